The number of nitrogens with one attached hydrogen (secondary N) is 2. The highest BCUT2D eigenvalue weighted by Crippen LogP contribution is 2.39. The summed E-state index contributed by atoms with van der Waals surface area (Å²) in [7, 11) is 0. The first-order chi connectivity index (χ1) is 14.5. The third kappa shape index (κ3) is 3.00. The number of nitrogens with zero attached hydrogens (tertiary/aromatic N) is 4. The fourth-order valence-corrected chi connectivity index (χ4v) is 3.97. The Morgan fingerprint density at radius 2 is 2.20 bits per heavy atom. The number of imidazole rings is 1. The van der Waals surface area contributed by atoms with Crippen molar-refractivity contribution in [2.24, 2.45) is 5.92 Å². The van der Waals surface area contributed by atoms with Crippen molar-refractivity contribution in [2.75, 3.05) is 5.32 Å². The van der Waals surface area contributed by atoms with Crippen LogP contribution in [0.1, 0.15) is 25.3 Å². The summed E-state index contributed by atoms with van der Waals surface area (Å²) in [5.74, 6) is -1.20. The maximum atomic E-state index is 15.0. The molecule has 0 aliphatic heterocycles. The normalized spacial score (nSPS) is 18.3. The number of anilines is 1. The maximum absolute atomic E-state index is 15.0. The van der Waals surface area contributed by atoms with Gasteiger partial charge in [0.05, 0.1) is 40.7 Å². The van der Waals surface area contributed by atoms with Crippen LogP contribution in [0, 0.1) is 11.7 Å². The molecule has 1 amide bonds. The summed E-state index contributed by atoms with van der Waals surface area (Å²) in [4.78, 5) is 20.6. The summed E-state index contributed by atoms with van der Waals surface area (Å²) < 4.78 is 29.7. The summed E-state index contributed by atoms with van der Waals surface area (Å²) >= 11 is 6.41. The summed E-state index contributed by atoms with van der Waals surface area (Å²) in [5, 5.41) is 10.2. The van der Waals surface area contributed by atoms with Gasteiger partial charge in [0.2, 0.25) is 5.91 Å². The molecule has 5 rings (SSSR count). The minimum Gasteiger partial charge on any atom is -0.309 e. The number of hydrogen-bond acceptors (Lipinski definition) is 4. The molecule has 10 heteroatoms. The van der Waals surface area contributed by atoms with E-state index >= 15 is 4.39 Å². The van der Waals surface area contributed by atoms with Gasteiger partial charge in [-0.05, 0) is 12.8 Å². The number of aromatic amines is 1. The molecule has 154 valence electrons. The van der Waals surface area contributed by atoms with Gasteiger partial charge in [0.15, 0.2) is 11.5 Å². The average Bonchev–Trinajstić information content (AvgIpc) is 3.11. The van der Waals surface area contributed by atoms with E-state index in [-0.39, 0.29) is 11.4 Å². The highest BCUT2D eigenvalue weighted by molar-refractivity contribution is 6.35. The second kappa shape index (κ2) is 7.02. The van der Waals surface area contributed by atoms with Gasteiger partial charge in [-0.2, -0.15) is 5.10 Å². The number of aryl methyl sites for hydroxylation is 1. The second-order valence-corrected chi connectivity index (χ2v) is 7.78. The Morgan fingerprint density at radius 3 is 2.93 bits per heavy atom. The Labute approximate surface area is 174 Å². The highest BCUT2D eigenvalue weighted by Gasteiger charge is 2.43. The molecule has 30 heavy (non-hydrogen) atoms. The molecule has 0 radical (unpaired) electrons. The predicted octanol–water partition coefficient (Wildman–Crippen LogP) is 4.31. The molecule has 2 N–H and O–H groups in total. The molecule has 0 bridgehead atoms. The van der Waals surface area contributed by atoms with Crippen LogP contribution in [0.15, 0.2) is 24.8 Å². The number of carbonyl (C=O) groups excluding carboxylic acids is 1. The lowest BCUT2D eigenvalue weighted by molar-refractivity contribution is -0.117. The van der Waals surface area contributed by atoms with E-state index < -0.39 is 23.8 Å². The molecular formula is C20H17ClF2N6O. The largest absolute Gasteiger partial charge is 0.309 e. The van der Waals surface area contributed by atoms with Gasteiger partial charge in [-0.3, -0.25) is 14.9 Å². The van der Waals surface area contributed by atoms with Gasteiger partial charge in [0.25, 0.3) is 0 Å². The lowest BCUT2D eigenvalue weighted by Crippen LogP contribution is -2.15. The quantitative estimate of drug-likeness (QED) is 0.493. The number of benzene rings is 1. The molecule has 0 saturated heterocycles. The van der Waals surface area contributed by atoms with Gasteiger partial charge in [-0.1, -0.05) is 24.9 Å². The van der Waals surface area contributed by atoms with Crippen LogP contribution in [0.3, 0.4) is 0 Å². The van der Waals surface area contributed by atoms with Gasteiger partial charge >= 0.3 is 0 Å². The van der Waals surface area contributed by atoms with Crippen molar-refractivity contribution in [3.05, 3.63) is 41.2 Å². The molecule has 0 spiro atoms. The number of rotatable bonds is 5. The van der Waals surface area contributed by atoms with Crippen molar-refractivity contribution in [3.63, 3.8) is 0 Å². The van der Waals surface area contributed by atoms with Gasteiger partial charge in [-0.25, -0.2) is 13.8 Å². The van der Waals surface area contributed by atoms with E-state index in [1.54, 1.807) is 23.0 Å². The van der Waals surface area contributed by atoms with Crippen molar-refractivity contribution < 1.29 is 13.6 Å². The number of halogens is 3. The third-order valence-corrected chi connectivity index (χ3v) is 5.64. The molecule has 3 aromatic heterocycles. The average molecular weight is 431 g/mol. The topological polar surface area (TPSA) is 88.0 Å². The fraction of sp³-hybridized carbons (Fsp3) is 0.300. The predicted molar refractivity (Wildman–Crippen MR) is 109 cm³/mol. The van der Waals surface area contributed by atoms with Crippen LogP contribution in [-0.4, -0.2) is 36.6 Å². The first kappa shape index (κ1) is 18.9. The van der Waals surface area contributed by atoms with Crippen LogP contribution in [0.5, 0.6) is 0 Å². The lowest BCUT2D eigenvalue weighted by atomic mass is 10.00. The van der Waals surface area contributed by atoms with Crippen LogP contribution < -0.4 is 5.32 Å². The Bertz CT molecular complexity index is 1300. The van der Waals surface area contributed by atoms with Crippen molar-refractivity contribution in [2.45, 2.75) is 32.4 Å². The summed E-state index contributed by atoms with van der Waals surface area (Å²) in [6, 6.07) is 0. The zero-order valence-electron chi connectivity index (χ0n) is 15.9. The third-order valence-electron chi connectivity index (χ3n) is 5.29. The molecule has 3 heterocycles. The Hall–Kier alpha value is -3.07. The summed E-state index contributed by atoms with van der Waals surface area (Å²) in [6.07, 6.45) is 6.80. The number of carbonyl (C=O) groups is 1. The van der Waals surface area contributed by atoms with Crippen LogP contribution in [0.2, 0.25) is 5.02 Å². The highest BCUT2D eigenvalue weighted by atomic mass is 35.5. The SMILES string of the molecule is CCCc1c(F)c(Cl)c(-c2cn3cc(NC(=O)[C@@H]4C[C@@H]4F)nc3cn2)c2cn[nH]c12. The van der Waals surface area contributed by atoms with E-state index in [4.69, 9.17) is 11.6 Å². The first-order valence-electron chi connectivity index (χ1n) is 9.61. The Kier molecular flexibility index (Phi) is 4.43. The first-order valence-corrected chi connectivity index (χ1v) is 9.98. The molecule has 1 aliphatic rings. The van der Waals surface area contributed by atoms with Gasteiger partial charge in [0, 0.05) is 22.7 Å². The summed E-state index contributed by atoms with van der Waals surface area (Å²) in [5.41, 5.74) is 2.43. The van der Waals surface area contributed by atoms with E-state index in [2.05, 4.69) is 25.5 Å². The van der Waals surface area contributed by atoms with Crippen LogP contribution in [0.4, 0.5) is 14.6 Å². The van der Waals surface area contributed by atoms with Gasteiger partial charge in [-0.15, -0.1) is 0 Å². The molecular weight excluding hydrogens is 414 g/mol. The molecule has 4 aromatic rings. The molecule has 1 fully saturated rings. The number of aromatic nitrogens is 5. The number of fused-ring (bicyclic) bond motifs is 2. The number of amides is 1. The van der Waals surface area contributed by atoms with E-state index in [1.165, 1.54) is 6.20 Å². The van der Waals surface area contributed by atoms with E-state index in [0.29, 0.717) is 45.6 Å². The standard InChI is InChI=1S/C20H17ClF2N6O/c1-2-3-9-18(23)17(21)16(11-5-25-28-19(9)11)13-7-29-8-14(26-15(29)6-24-13)27-20(30)10-4-12(10)22/h5-8,10,12H,2-4H2,1H3,(H,25,28)(H,27,30)/t10-,12+/m1/s1. The van der Waals surface area contributed by atoms with Crippen molar-refractivity contribution >= 4 is 39.9 Å². The fourth-order valence-electron chi connectivity index (χ4n) is 3.65. The number of hydrogen-bond donors (Lipinski definition) is 2. The van der Waals surface area contributed by atoms with E-state index in [1.807, 2.05) is 6.92 Å². The smallest absolute Gasteiger partial charge is 0.231 e. The zero-order valence-corrected chi connectivity index (χ0v) is 16.7. The monoisotopic (exact) mass is 430 g/mol. The van der Waals surface area contributed by atoms with Crippen LogP contribution >= 0.6 is 11.6 Å². The molecule has 1 saturated carbocycles. The Balaban J connectivity index is 1.57. The molecule has 1 aromatic carbocycles. The van der Waals surface area contributed by atoms with Crippen molar-refractivity contribution in [1.29, 1.82) is 0 Å². The Morgan fingerprint density at radius 1 is 1.40 bits per heavy atom. The van der Waals surface area contributed by atoms with Crippen molar-refractivity contribution in [3.8, 4) is 11.3 Å². The van der Waals surface area contributed by atoms with E-state index in [0.717, 1.165) is 6.42 Å². The second-order valence-electron chi connectivity index (χ2n) is 7.40. The minimum atomic E-state index is -1.08. The van der Waals surface area contributed by atoms with Crippen molar-refractivity contribution in [1.82, 2.24) is 24.6 Å². The zero-order chi connectivity index (χ0) is 21.0. The molecule has 1 aliphatic carbocycles. The number of alkyl halides is 1. The van der Waals surface area contributed by atoms with Gasteiger partial charge < -0.3 is 9.72 Å². The molecule has 2 atom stereocenters. The van der Waals surface area contributed by atoms with E-state index in [9.17, 15) is 9.18 Å². The van der Waals surface area contributed by atoms with Crippen LogP contribution in [-0.2, 0) is 11.2 Å². The summed E-state index contributed by atoms with van der Waals surface area (Å²) in [6.45, 7) is 1.96. The molecule has 0 unspecified atom stereocenters. The van der Waals surface area contributed by atoms with Gasteiger partial charge in [0.1, 0.15) is 12.0 Å². The lowest BCUT2D eigenvalue weighted by Gasteiger charge is -2.11. The van der Waals surface area contributed by atoms with Crippen LogP contribution in [0.25, 0.3) is 27.8 Å². The number of H-pyrrole nitrogens is 1. The maximum Gasteiger partial charge on any atom is 0.231 e. The minimum absolute atomic E-state index is 0.0180. The molecule has 7 nitrogen and oxygen atoms in total.